The summed E-state index contributed by atoms with van der Waals surface area (Å²) in [5.41, 5.74) is -2.75. The Morgan fingerprint density at radius 1 is 1.26 bits per heavy atom. The highest BCUT2D eigenvalue weighted by molar-refractivity contribution is 5.21. The third-order valence-electron chi connectivity index (χ3n) is 4.12. The van der Waals surface area contributed by atoms with Crippen LogP contribution in [0.3, 0.4) is 0 Å². The zero-order chi connectivity index (χ0) is 14.5. The van der Waals surface area contributed by atoms with Crippen molar-refractivity contribution in [2.75, 3.05) is 34.3 Å². The Morgan fingerprint density at radius 2 is 1.89 bits per heavy atom. The Morgan fingerprint density at radius 3 is 2.37 bits per heavy atom. The third kappa shape index (κ3) is 1.86. The molecule has 2 rings (SSSR count). The van der Waals surface area contributed by atoms with Gasteiger partial charge >= 0.3 is 5.54 Å². The van der Waals surface area contributed by atoms with E-state index in [0.29, 0.717) is 6.54 Å². The minimum atomic E-state index is -1.48. The van der Waals surface area contributed by atoms with Crippen molar-refractivity contribution in [1.29, 1.82) is 0 Å². The number of ether oxygens (including phenoxy) is 1. The van der Waals surface area contributed by atoms with Crippen LogP contribution < -0.4 is 0 Å². The van der Waals surface area contributed by atoms with Gasteiger partial charge in [0.25, 0.3) is 5.54 Å². The molecule has 8 heteroatoms. The number of piperidine rings is 1. The van der Waals surface area contributed by atoms with Crippen molar-refractivity contribution in [3.8, 4) is 0 Å². The molecule has 1 aliphatic carbocycles. The Hall–Kier alpha value is -1.70. The molecule has 19 heavy (non-hydrogen) atoms. The van der Waals surface area contributed by atoms with Gasteiger partial charge in [-0.05, 0) is 6.08 Å². The van der Waals surface area contributed by atoms with Crippen LogP contribution >= 0.6 is 0 Å². The van der Waals surface area contributed by atoms with Crippen LogP contribution in [0.2, 0.25) is 0 Å². The largest absolute Gasteiger partial charge is 0.494 e. The lowest BCUT2D eigenvalue weighted by Crippen LogP contribution is -2.72. The zero-order valence-corrected chi connectivity index (χ0v) is 11.3. The summed E-state index contributed by atoms with van der Waals surface area (Å²) in [5, 5.41) is 23.0. The molecule has 2 unspecified atom stereocenters. The first-order valence-electron chi connectivity index (χ1n) is 6.03. The maximum absolute atomic E-state index is 11.6. The quantitative estimate of drug-likeness (QED) is 0.422. The molecule has 0 aromatic carbocycles. The van der Waals surface area contributed by atoms with Crippen molar-refractivity contribution in [1.82, 2.24) is 0 Å². The van der Waals surface area contributed by atoms with Crippen molar-refractivity contribution < 1.29 is 19.1 Å². The predicted octanol–water partition coefficient (Wildman–Crippen LogP) is 0.431. The molecule has 1 aliphatic heterocycles. The van der Waals surface area contributed by atoms with E-state index in [1.165, 1.54) is 13.2 Å². The van der Waals surface area contributed by atoms with Crippen LogP contribution in [0.15, 0.2) is 11.8 Å². The summed E-state index contributed by atoms with van der Waals surface area (Å²) >= 11 is 0. The van der Waals surface area contributed by atoms with Crippen molar-refractivity contribution >= 4 is 0 Å². The standard InChI is InChI=1S/C11H18N3O5/c1-14(2)7-10(12(15)16)5-4-9(19-3)11(6-10,8-14)13(17)18/h4H,5-8H2,1-3H3/q+1. The molecule has 8 nitrogen and oxygen atoms in total. The molecular weight excluding hydrogens is 254 g/mol. The van der Waals surface area contributed by atoms with Gasteiger partial charge in [0.2, 0.25) is 0 Å². The average Bonchev–Trinajstić information content (AvgIpc) is 2.26. The number of rotatable bonds is 3. The summed E-state index contributed by atoms with van der Waals surface area (Å²) in [5.74, 6) is 0.251. The molecule has 2 aliphatic rings. The van der Waals surface area contributed by atoms with Crippen LogP contribution in [0.25, 0.3) is 0 Å². The minimum absolute atomic E-state index is 0.0959. The van der Waals surface area contributed by atoms with Gasteiger partial charge in [0, 0.05) is 16.3 Å². The molecule has 2 atom stereocenters. The molecule has 106 valence electrons. The van der Waals surface area contributed by atoms with Gasteiger partial charge in [-0.15, -0.1) is 0 Å². The summed E-state index contributed by atoms with van der Waals surface area (Å²) in [6.45, 7) is 0.498. The van der Waals surface area contributed by atoms with Gasteiger partial charge in [-0.2, -0.15) is 0 Å². The average molecular weight is 272 g/mol. The summed E-state index contributed by atoms with van der Waals surface area (Å²) in [4.78, 5) is 22.2. The van der Waals surface area contributed by atoms with E-state index in [4.69, 9.17) is 4.74 Å². The lowest BCUT2D eigenvalue weighted by atomic mass is 9.70. The first-order valence-corrected chi connectivity index (χ1v) is 6.03. The monoisotopic (exact) mass is 272 g/mol. The number of quaternary nitrogens is 1. The van der Waals surface area contributed by atoms with Crippen LogP contribution in [0.4, 0.5) is 0 Å². The third-order valence-corrected chi connectivity index (χ3v) is 4.12. The topological polar surface area (TPSA) is 95.5 Å². The van der Waals surface area contributed by atoms with E-state index < -0.39 is 16.0 Å². The van der Waals surface area contributed by atoms with E-state index in [9.17, 15) is 20.2 Å². The summed E-state index contributed by atoms with van der Waals surface area (Å²) in [7, 11) is 4.95. The second-order valence-electron chi connectivity index (χ2n) is 6.18. The SMILES string of the molecule is COC1=CCC2([N+](=O)[O-])CC1([N+](=O)[O-])C[N+](C)(C)C2. The molecule has 0 amide bonds. The van der Waals surface area contributed by atoms with Crippen LogP contribution in [-0.2, 0) is 4.74 Å². The molecule has 0 radical (unpaired) electrons. The van der Waals surface area contributed by atoms with Gasteiger partial charge in [-0.3, -0.25) is 20.2 Å². The zero-order valence-electron chi connectivity index (χ0n) is 11.3. The molecule has 0 aromatic rings. The number of hydrogen-bond acceptors (Lipinski definition) is 5. The van der Waals surface area contributed by atoms with E-state index in [1.807, 2.05) is 0 Å². The second-order valence-corrected chi connectivity index (χ2v) is 6.18. The minimum Gasteiger partial charge on any atom is -0.494 e. The van der Waals surface area contributed by atoms with Gasteiger partial charge in [0.1, 0.15) is 6.42 Å². The maximum Gasteiger partial charge on any atom is 0.331 e. The van der Waals surface area contributed by atoms with Gasteiger partial charge in [0.05, 0.1) is 21.2 Å². The van der Waals surface area contributed by atoms with Crippen molar-refractivity contribution in [3.05, 3.63) is 32.1 Å². The highest BCUT2D eigenvalue weighted by atomic mass is 16.6. The molecule has 0 N–H and O–H groups in total. The first kappa shape index (κ1) is 13.7. The van der Waals surface area contributed by atoms with Crippen LogP contribution in [0.1, 0.15) is 12.8 Å². The molecule has 0 aromatic heterocycles. The number of hydrogen-bond donors (Lipinski definition) is 0. The highest BCUT2D eigenvalue weighted by Crippen LogP contribution is 2.45. The number of likely N-dealkylation sites (N-methyl/N-ethyl adjacent to an activating group) is 1. The number of fused-ring (bicyclic) bond motifs is 2. The summed E-state index contributed by atoms with van der Waals surface area (Å²) < 4.78 is 5.39. The van der Waals surface area contributed by atoms with Crippen LogP contribution in [0, 0.1) is 20.2 Å². The van der Waals surface area contributed by atoms with E-state index >= 15 is 0 Å². The highest BCUT2D eigenvalue weighted by Gasteiger charge is 2.70. The van der Waals surface area contributed by atoms with Gasteiger partial charge in [0.15, 0.2) is 18.8 Å². The Balaban J connectivity index is 2.60. The van der Waals surface area contributed by atoms with Crippen molar-refractivity contribution in [2.24, 2.45) is 0 Å². The molecular formula is C11H18N3O5+. The maximum atomic E-state index is 11.6. The molecule has 1 heterocycles. The Bertz CT molecular complexity index is 475. The molecule has 1 fully saturated rings. The lowest BCUT2D eigenvalue weighted by Gasteiger charge is -2.47. The molecule has 0 saturated carbocycles. The van der Waals surface area contributed by atoms with Gasteiger partial charge in [-0.25, -0.2) is 0 Å². The lowest BCUT2D eigenvalue weighted by molar-refractivity contribution is -0.934. The van der Waals surface area contributed by atoms with Crippen LogP contribution in [-0.4, -0.2) is 59.7 Å². The fourth-order valence-corrected chi connectivity index (χ4v) is 3.67. The van der Waals surface area contributed by atoms with E-state index in [2.05, 4.69) is 0 Å². The second kappa shape index (κ2) is 3.89. The van der Waals surface area contributed by atoms with Crippen LogP contribution in [0.5, 0.6) is 0 Å². The normalized spacial score (nSPS) is 36.3. The Kier molecular flexibility index (Phi) is 2.81. The Labute approximate surface area is 110 Å². The smallest absolute Gasteiger partial charge is 0.331 e. The summed E-state index contributed by atoms with van der Waals surface area (Å²) in [6.07, 6.45) is 1.61. The van der Waals surface area contributed by atoms with E-state index in [0.717, 1.165) is 0 Å². The summed E-state index contributed by atoms with van der Waals surface area (Å²) in [6, 6.07) is 0. The number of likely N-dealkylation sites (tertiary alicyclic amines) is 1. The molecule has 2 bridgehead atoms. The van der Waals surface area contributed by atoms with Crippen molar-refractivity contribution in [2.45, 2.75) is 23.9 Å². The van der Waals surface area contributed by atoms with Gasteiger partial charge < -0.3 is 9.22 Å². The van der Waals surface area contributed by atoms with Crippen molar-refractivity contribution in [3.63, 3.8) is 0 Å². The number of nitro groups is 2. The van der Waals surface area contributed by atoms with E-state index in [1.54, 1.807) is 14.1 Å². The van der Waals surface area contributed by atoms with Gasteiger partial charge in [-0.1, -0.05) is 0 Å². The number of nitrogens with zero attached hydrogens (tertiary/aromatic N) is 3. The fourth-order valence-electron chi connectivity index (χ4n) is 3.67. The fraction of sp³-hybridized carbons (Fsp3) is 0.818. The first-order chi connectivity index (χ1) is 8.67. The number of methoxy groups -OCH3 is 1. The molecule has 1 saturated heterocycles. The van der Waals surface area contributed by atoms with E-state index in [-0.39, 0.29) is 34.6 Å². The molecule has 0 spiro atoms. The predicted molar refractivity (Wildman–Crippen MR) is 65.6 cm³/mol.